The highest BCUT2D eigenvalue weighted by molar-refractivity contribution is 4.96. The molecule has 0 spiro atoms. The SMILES string of the molecule is CCCN(Cc1nnc(C(C)(C)C)o1)CC(C)(C)CN. The summed E-state index contributed by atoms with van der Waals surface area (Å²) in [5.41, 5.74) is 5.83. The van der Waals surface area contributed by atoms with Gasteiger partial charge in [-0.25, -0.2) is 0 Å². The van der Waals surface area contributed by atoms with Gasteiger partial charge in [-0.05, 0) is 24.9 Å². The summed E-state index contributed by atoms with van der Waals surface area (Å²) in [6.07, 6.45) is 1.10. The average molecular weight is 282 g/mol. The lowest BCUT2D eigenvalue weighted by molar-refractivity contribution is 0.161. The smallest absolute Gasteiger partial charge is 0.230 e. The van der Waals surface area contributed by atoms with E-state index < -0.39 is 0 Å². The van der Waals surface area contributed by atoms with Crippen LogP contribution in [0.4, 0.5) is 0 Å². The van der Waals surface area contributed by atoms with Crippen molar-refractivity contribution in [3.05, 3.63) is 11.8 Å². The summed E-state index contributed by atoms with van der Waals surface area (Å²) < 4.78 is 5.78. The Morgan fingerprint density at radius 3 is 2.25 bits per heavy atom. The molecule has 0 bridgehead atoms. The van der Waals surface area contributed by atoms with Gasteiger partial charge in [0.15, 0.2) is 0 Å². The van der Waals surface area contributed by atoms with Gasteiger partial charge in [0.25, 0.3) is 0 Å². The van der Waals surface area contributed by atoms with Gasteiger partial charge in [0, 0.05) is 12.0 Å². The van der Waals surface area contributed by atoms with Crippen molar-refractivity contribution in [2.75, 3.05) is 19.6 Å². The molecule has 0 aliphatic rings. The summed E-state index contributed by atoms with van der Waals surface area (Å²) in [4.78, 5) is 2.34. The predicted molar refractivity (Wildman–Crippen MR) is 81.4 cm³/mol. The normalized spacial score (nSPS) is 13.2. The van der Waals surface area contributed by atoms with Gasteiger partial charge in [0.2, 0.25) is 11.8 Å². The first-order valence-corrected chi connectivity index (χ1v) is 7.43. The molecule has 5 nitrogen and oxygen atoms in total. The maximum atomic E-state index is 5.83. The minimum atomic E-state index is -0.0998. The third-order valence-electron chi connectivity index (χ3n) is 3.21. The van der Waals surface area contributed by atoms with Crippen molar-refractivity contribution in [3.8, 4) is 0 Å². The molecule has 1 rings (SSSR count). The van der Waals surface area contributed by atoms with Crippen LogP contribution in [0, 0.1) is 5.41 Å². The van der Waals surface area contributed by atoms with Crippen molar-refractivity contribution in [2.45, 2.75) is 59.9 Å². The van der Waals surface area contributed by atoms with Crippen LogP contribution in [0.25, 0.3) is 0 Å². The molecule has 1 heterocycles. The number of nitrogens with two attached hydrogens (primary N) is 1. The summed E-state index contributed by atoms with van der Waals surface area (Å²) in [5, 5.41) is 8.32. The molecule has 5 heteroatoms. The minimum absolute atomic E-state index is 0.0993. The fraction of sp³-hybridized carbons (Fsp3) is 0.867. The van der Waals surface area contributed by atoms with Gasteiger partial charge < -0.3 is 10.2 Å². The second kappa shape index (κ2) is 6.68. The van der Waals surface area contributed by atoms with E-state index in [-0.39, 0.29) is 10.8 Å². The zero-order chi connectivity index (χ0) is 15.4. The highest BCUT2D eigenvalue weighted by Crippen LogP contribution is 2.22. The van der Waals surface area contributed by atoms with Gasteiger partial charge in [0.1, 0.15) is 0 Å². The first-order chi connectivity index (χ1) is 9.18. The fourth-order valence-electron chi connectivity index (χ4n) is 2.01. The van der Waals surface area contributed by atoms with Crippen molar-refractivity contribution >= 4 is 0 Å². The third-order valence-corrected chi connectivity index (χ3v) is 3.21. The van der Waals surface area contributed by atoms with Gasteiger partial charge in [-0.1, -0.05) is 41.5 Å². The van der Waals surface area contributed by atoms with E-state index in [9.17, 15) is 0 Å². The number of hydrogen-bond acceptors (Lipinski definition) is 5. The molecule has 116 valence electrons. The summed E-state index contributed by atoms with van der Waals surface area (Å²) in [6.45, 7) is 16.1. The van der Waals surface area contributed by atoms with Crippen LogP contribution in [0.15, 0.2) is 4.42 Å². The van der Waals surface area contributed by atoms with Crippen molar-refractivity contribution in [2.24, 2.45) is 11.1 Å². The first-order valence-electron chi connectivity index (χ1n) is 7.43. The van der Waals surface area contributed by atoms with Crippen LogP contribution in [0.3, 0.4) is 0 Å². The Kier molecular flexibility index (Phi) is 5.71. The van der Waals surface area contributed by atoms with Crippen molar-refractivity contribution in [3.63, 3.8) is 0 Å². The van der Waals surface area contributed by atoms with Gasteiger partial charge in [0.05, 0.1) is 6.54 Å². The quantitative estimate of drug-likeness (QED) is 0.832. The van der Waals surface area contributed by atoms with Crippen molar-refractivity contribution in [1.29, 1.82) is 0 Å². The monoisotopic (exact) mass is 282 g/mol. The van der Waals surface area contributed by atoms with Gasteiger partial charge in [-0.15, -0.1) is 10.2 Å². The molecule has 20 heavy (non-hydrogen) atoms. The van der Waals surface area contributed by atoms with E-state index in [1.165, 1.54) is 0 Å². The summed E-state index contributed by atoms with van der Waals surface area (Å²) in [6, 6.07) is 0. The van der Waals surface area contributed by atoms with Crippen molar-refractivity contribution < 1.29 is 4.42 Å². The second-order valence-corrected chi connectivity index (χ2v) is 7.33. The zero-order valence-corrected chi connectivity index (χ0v) is 13.9. The number of hydrogen-bond donors (Lipinski definition) is 1. The Hall–Kier alpha value is -0.940. The third kappa shape index (κ3) is 5.21. The largest absolute Gasteiger partial charge is 0.423 e. The molecule has 0 fully saturated rings. The van der Waals surface area contributed by atoms with E-state index in [2.05, 4.69) is 56.6 Å². The number of nitrogens with zero attached hydrogens (tertiary/aromatic N) is 3. The lowest BCUT2D eigenvalue weighted by Crippen LogP contribution is -2.38. The molecule has 0 amide bonds. The molecule has 0 unspecified atom stereocenters. The summed E-state index contributed by atoms with van der Waals surface area (Å²) in [7, 11) is 0. The van der Waals surface area contributed by atoms with E-state index >= 15 is 0 Å². The Morgan fingerprint density at radius 2 is 1.80 bits per heavy atom. The molecule has 1 aromatic heterocycles. The maximum Gasteiger partial charge on any atom is 0.230 e. The topological polar surface area (TPSA) is 68.2 Å². The van der Waals surface area contributed by atoms with Crippen LogP contribution in [-0.4, -0.2) is 34.7 Å². The highest BCUT2D eigenvalue weighted by Gasteiger charge is 2.24. The molecular weight excluding hydrogens is 252 g/mol. The number of aromatic nitrogens is 2. The van der Waals surface area contributed by atoms with Crippen LogP contribution in [0.5, 0.6) is 0 Å². The molecule has 0 saturated heterocycles. The fourth-order valence-corrected chi connectivity index (χ4v) is 2.01. The first kappa shape index (κ1) is 17.1. The molecule has 0 radical (unpaired) electrons. The molecule has 0 aliphatic heterocycles. The zero-order valence-electron chi connectivity index (χ0n) is 13.9. The number of rotatable bonds is 7. The minimum Gasteiger partial charge on any atom is -0.423 e. The molecule has 0 atom stereocenters. The Bertz CT molecular complexity index is 406. The lowest BCUT2D eigenvalue weighted by atomic mass is 9.93. The van der Waals surface area contributed by atoms with Crippen LogP contribution >= 0.6 is 0 Å². The van der Waals surface area contributed by atoms with Crippen LogP contribution in [0.1, 0.15) is 59.7 Å². The molecule has 0 saturated carbocycles. The molecule has 0 aromatic carbocycles. The van der Waals surface area contributed by atoms with Gasteiger partial charge in [-0.3, -0.25) is 4.90 Å². The highest BCUT2D eigenvalue weighted by atomic mass is 16.4. The van der Waals surface area contributed by atoms with Crippen LogP contribution < -0.4 is 5.73 Å². The van der Waals surface area contributed by atoms with Gasteiger partial charge in [-0.2, -0.15) is 0 Å². The van der Waals surface area contributed by atoms with Crippen molar-refractivity contribution in [1.82, 2.24) is 15.1 Å². The predicted octanol–water partition coefficient (Wildman–Crippen LogP) is 2.56. The van der Waals surface area contributed by atoms with E-state index in [1.807, 2.05) is 0 Å². The second-order valence-electron chi connectivity index (χ2n) is 7.33. The lowest BCUT2D eigenvalue weighted by Gasteiger charge is -2.30. The average Bonchev–Trinajstić information content (AvgIpc) is 2.77. The molecule has 0 aliphatic carbocycles. The van der Waals surface area contributed by atoms with E-state index in [4.69, 9.17) is 10.2 Å². The molecular formula is C15H30N4O. The summed E-state index contributed by atoms with van der Waals surface area (Å²) in [5.74, 6) is 1.39. The Balaban J connectivity index is 2.73. The van der Waals surface area contributed by atoms with Gasteiger partial charge >= 0.3 is 0 Å². The van der Waals surface area contributed by atoms with Crippen LogP contribution in [0.2, 0.25) is 0 Å². The molecule has 2 N–H and O–H groups in total. The molecule has 1 aromatic rings. The Labute approximate surface area is 122 Å². The van der Waals surface area contributed by atoms with Crippen LogP contribution in [-0.2, 0) is 12.0 Å². The standard InChI is InChI=1S/C15H30N4O/c1-7-8-19(11-15(5,6)10-16)9-12-17-18-13(20-12)14(2,3)4/h7-11,16H2,1-6H3. The van der Waals surface area contributed by atoms with E-state index in [0.29, 0.717) is 24.9 Å². The summed E-state index contributed by atoms with van der Waals surface area (Å²) >= 11 is 0. The van der Waals surface area contributed by atoms with E-state index in [0.717, 1.165) is 19.5 Å². The van der Waals surface area contributed by atoms with E-state index in [1.54, 1.807) is 0 Å². The maximum absolute atomic E-state index is 5.83. The Morgan fingerprint density at radius 1 is 1.15 bits per heavy atom.